The fourth-order valence-electron chi connectivity index (χ4n) is 5.12. The van der Waals surface area contributed by atoms with Gasteiger partial charge in [-0.05, 0) is 91.2 Å². The number of nitrogens with one attached hydrogen (secondary N) is 3. The number of anilines is 1. The summed E-state index contributed by atoms with van der Waals surface area (Å²) in [6.07, 6.45) is -0.520. The number of amides is 3. The highest BCUT2D eigenvalue weighted by Gasteiger charge is 2.27. The van der Waals surface area contributed by atoms with Crippen LogP contribution in [0.1, 0.15) is 76.8 Å². The summed E-state index contributed by atoms with van der Waals surface area (Å²) in [6, 6.07) is 17.4. The Kier molecular flexibility index (Phi) is 10.2. The monoisotopic (exact) mass is 669 g/mol. The van der Waals surface area contributed by atoms with Crippen molar-refractivity contribution in [3.05, 3.63) is 93.9 Å². The number of thiophene rings is 1. The molecule has 3 aromatic carbocycles. The van der Waals surface area contributed by atoms with Crippen LogP contribution < -0.4 is 20.7 Å². The third kappa shape index (κ3) is 8.03. The maximum Gasteiger partial charge on any atom is 0.407 e. The van der Waals surface area contributed by atoms with Crippen LogP contribution in [0.4, 0.5) is 10.5 Å². The number of fused-ring (bicyclic) bond motifs is 3. The summed E-state index contributed by atoms with van der Waals surface area (Å²) in [7, 11) is 1.27. The van der Waals surface area contributed by atoms with Gasteiger partial charge < -0.3 is 30.2 Å². The minimum Gasteiger partial charge on any atom is -0.488 e. The van der Waals surface area contributed by atoms with Crippen molar-refractivity contribution in [1.29, 1.82) is 0 Å². The van der Waals surface area contributed by atoms with E-state index in [2.05, 4.69) is 16.0 Å². The van der Waals surface area contributed by atoms with Gasteiger partial charge in [0, 0.05) is 45.9 Å². The van der Waals surface area contributed by atoms with Crippen molar-refractivity contribution in [2.24, 2.45) is 5.92 Å². The minimum atomic E-state index is -0.648. The number of benzene rings is 3. The molecule has 0 fully saturated rings. The van der Waals surface area contributed by atoms with Gasteiger partial charge in [-0.3, -0.25) is 9.59 Å². The van der Waals surface area contributed by atoms with Crippen molar-refractivity contribution >= 4 is 40.9 Å². The summed E-state index contributed by atoms with van der Waals surface area (Å²) in [6.45, 7) is 10.5. The standard InChI is InChI=1S/C37H39N3O7S/c1-21(2)18-38-33(41)23-9-12-26(29(15-23)35(43)45-6)27-17-31-30(32-24(20-46-31)13-14-48-32)16-28(27)34(42)40-25-10-7-22(8-11-25)19-39-36(44)47-37(3,4)5/h7-17,21H,18-20H2,1-6H3,(H,38,41)(H,39,44)(H,40,42). The van der Waals surface area contributed by atoms with E-state index in [4.69, 9.17) is 14.2 Å². The van der Waals surface area contributed by atoms with Gasteiger partial charge in [0.05, 0.1) is 12.7 Å². The first-order valence-electron chi connectivity index (χ1n) is 15.6. The number of carbonyl (C=O) groups is 4. The van der Waals surface area contributed by atoms with Gasteiger partial charge in [-0.25, -0.2) is 9.59 Å². The van der Waals surface area contributed by atoms with Gasteiger partial charge in [0.2, 0.25) is 0 Å². The number of rotatable bonds is 9. The third-order valence-electron chi connectivity index (χ3n) is 7.43. The average Bonchev–Trinajstić information content (AvgIpc) is 3.54. The van der Waals surface area contributed by atoms with Crippen LogP contribution in [-0.4, -0.2) is 43.1 Å². The number of esters is 1. The SMILES string of the molecule is COC(=O)c1cc(C(=O)NCC(C)C)ccc1-c1cc2c(cc1C(=O)Nc1ccc(CNC(=O)OC(C)(C)C)cc1)-c1sccc1CO2. The van der Waals surface area contributed by atoms with Crippen LogP contribution in [0, 0.1) is 5.92 Å². The van der Waals surface area contributed by atoms with Crippen molar-refractivity contribution in [1.82, 2.24) is 10.6 Å². The molecule has 0 spiro atoms. The van der Waals surface area contributed by atoms with E-state index in [1.165, 1.54) is 13.2 Å². The topological polar surface area (TPSA) is 132 Å². The van der Waals surface area contributed by atoms with Crippen molar-refractivity contribution in [3.8, 4) is 27.3 Å². The molecule has 11 heteroatoms. The largest absolute Gasteiger partial charge is 0.488 e. The summed E-state index contributed by atoms with van der Waals surface area (Å²) < 4.78 is 16.5. The van der Waals surface area contributed by atoms with E-state index in [0.29, 0.717) is 46.8 Å². The number of hydrogen-bond acceptors (Lipinski definition) is 8. The lowest BCUT2D eigenvalue weighted by Gasteiger charge is -2.22. The van der Waals surface area contributed by atoms with Gasteiger partial charge >= 0.3 is 12.1 Å². The molecular weight excluding hydrogens is 630 g/mol. The second-order valence-electron chi connectivity index (χ2n) is 12.8. The zero-order valence-corrected chi connectivity index (χ0v) is 28.6. The molecule has 1 aliphatic heterocycles. The average molecular weight is 670 g/mol. The van der Waals surface area contributed by atoms with Crippen molar-refractivity contribution in [2.45, 2.75) is 53.4 Å². The molecule has 1 aliphatic rings. The molecule has 0 aliphatic carbocycles. The van der Waals surface area contributed by atoms with E-state index >= 15 is 0 Å². The van der Waals surface area contributed by atoms with Crippen LogP contribution in [0.5, 0.6) is 5.75 Å². The minimum absolute atomic E-state index is 0.137. The molecule has 250 valence electrons. The van der Waals surface area contributed by atoms with Crippen LogP contribution in [0.2, 0.25) is 0 Å². The van der Waals surface area contributed by atoms with E-state index in [1.807, 2.05) is 25.3 Å². The first kappa shape index (κ1) is 34.2. The molecule has 0 saturated heterocycles. The van der Waals surface area contributed by atoms with Crippen LogP contribution in [0.25, 0.3) is 21.6 Å². The summed E-state index contributed by atoms with van der Waals surface area (Å²) in [5.74, 6) is -0.552. The Bertz CT molecular complexity index is 1860. The van der Waals surface area contributed by atoms with Gasteiger partial charge in [0.15, 0.2) is 0 Å². The van der Waals surface area contributed by atoms with E-state index < -0.39 is 23.6 Å². The van der Waals surface area contributed by atoms with Gasteiger partial charge in [0.1, 0.15) is 18.0 Å². The molecule has 1 aromatic heterocycles. The van der Waals surface area contributed by atoms with Crippen LogP contribution in [0.15, 0.2) is 66.0 Å². The Morgan fingerprint density at radius 3 is 2.31 bits per heavy atom. The quantitative estimate of drug-likeness (QED) is 0.158. The van der Waals surface area contributed by atoms with Gasteiger partial charge in [0.25, 0.3) is 11.8 Å². The van der Waals surface area contributed by atoms with Crippen LogP contribution in [0.3, 0.4) is 0 Å². The van der Waals surface area contributed by atoms with Crippen LogP contribution >= 0.6 is 11.3 Å². The third-order valence-corrected chi connectivity index (χ3v) is 8.42. The number of alkyl carbamates (subject to hydrolysis) is 1. The summed E-state index contributed by atoms with van der Waals surface area (Å²) in [5.41, 5.74) is 4.13. The number of carbonyl (C=O) groups excluding carboxylic acids is 4. The maximum atomic E-state index is 14.0. The molecule has 3 amide bonds. The molecule has 4 aromatic rings. The molecule has 3 N–H and O–H groups in total. The highest BCUT2D eigenvalue weighted by Crippen LogP contribution is 2.45. The molecule has 2 heterocycles. The molecule has 48 heavy (non-hydrogen) atoms. The molecule has 5 rings (SSSR count). The number of hydrogen-bond donors (Lipinski definition) is 3. The molecule has 10 nitrogen and oxygen atoms in total. The zero-order chi connectivity index (χ0) is 34.6. The van der Waals surface area contributed by atoms with Crippen molar-refractivity contribution in [2.75, 3.05) is 19.0 Å². The fourth-order valence-corrected chi connectivity index (χ4v) is 6.05. The summed E-state index contributed by atoms with van der Waals surface area (Å²) in [5, 5.41) is 10.5. The van der Waals surface area contributed by atoms with E-state index in [-0.39, 0.29) is 23.9 Å². The van der Waals surface area contributed by atoms with Gasteiger partial charge in [-0.15, -0.1) is 11.3 Å². The first-order valence-corrected chi connectivity index (χ1v) is 16.5. The van der Waals surface area contributed by atoms with E-state index in [1.54, 1.807) is 80.6 Å². The summed E-state index contributed by atoms with van der Waals surface area (Å²) >= 11 is 1.56. The second kappa shape index (κ2) is 14.3. The molecule has 0 saturated carbocycles. The van der Waals surface area contributed by atoms with Crippen molar-refractivity contribution in [3.63, 3.8) is 0 Å². The zero-order valence-electron chi connectivity index (χ0n) is 27.8. The second-order valence-corrected chi connectivity index (χ2v) is 13.7. The highest BCUT2D eigenvalue weighted by atomic mass is 32.1. The lowest BCUT2D eigenvalue weighted by molar-refractivity contribution is 0.0522. The first-order chi connectivity index (χ1) is 22.8. The molecule has 0 bridgehead atoms. The maximum absolute atomic E-state index is 14.0. The smallest absolute Gasteiger partial charge is 0.407 e. The predicted molar refractivity (Wildman–Crippen MR) is 186 cm³/mol. The Balaban J connectivity index is 1.49. The van der Waals surface area contributed by atoms with E-state index in [0.717, 1.165) is 21.6 Å². The Morgan fingerprint density at radius 2 is 1.62 bits per heavy atom. The van der Waals surface area contributed by atoms with E-state index in [9.17, 15) is 19.2 Å². The van der Waals surface area contributed by atoms with Gasteiger partial charge in [-0.1, -0.05) is 32.0 Å². The Hall–Kier alpha value is -5.16. The Labute approximate surface area is 283 Å². The molecule has 0 unspecified atom stereocenters. The normalized spacial score (nSPS) is 11.9. The van der Waals surface area contributed by atoms with Crippen LogP contribution in [-0.2, 0) is 22.6 Å². The molecular formula is C37H39N3O7S. The number of methoxy groups -OCH3 is 1. The molecule has 0 atom stereocenters. The predicted octanol–water partition coefficient (Wildman–Crippen LogP) is 7.42. The highest BCUT2D eigenvalue weighted by molar-refractivity contribution is 7.13. The van der Waals surface area contributed by atoms with Crippen molar-refractivity contribution < 1.29 is 33.4 Å². The summed E-state index contributed by atoms with van der Waals surface area (Å²) in [4.78, 5) is 53.1. The number of ether oxygens (including phenoxy) is 3. The Morgan fingerprint density at radius 1 is 0.875 bits per heavy atom. The lowest BCUT2D eigenvalue weighted by atomic mass is 9.90. The lowest BCUT2D eigenvalue weighted by Crippen LogP contribution is -2.32. The van der Waals surface area contributed by atoms with Gasteiger partial charge in [-0.2, -0.15) is 0 Å². The fraction of sp³-hybridized carbons (Fsp3) is 0.297. The molecule has 0 radical (unpaired) electrons.